The van der Waals surface area contributed by atoms with E-state index in [4.69, 9.17) is 11.6 Å². The summed E-state index contributed by atoms with van der Waals surface area (Å²) in [5.74, 6) is 0.619. The topological polar surface area (TPSA) is 32.9 Å². The highest BCUT2D eigenvalue weighted by Gasteiger charge is 2.09. The first-order chi connectivity index (χ1) is 7.36. The van der Waals surface area contributed by atoms with Gasteiger partial charge in [0.05, 0.1) is 0 Å². The van der Waals surface area contributed by atoms with Crippen LogP contribution in [0.4, 0.5) is 0 Å². The zero-order valence-electron chi connectivity index (χ0n) is 8.29. The number of halogens is 1. The number of alkyl halides is 1. The number of carbonyl (C=O) groups is 1. The first-order valence-electron chi connectivity index (χ1n) is 4.97. The van der Waals surface area contributed by atoms with Crippen LogP contribution in [0.5, 0.6) is 0 Å². The lowest BCUT2D eigenvalue weighted by atomic mass is 10.1. The third-order valence-electron chi connectivity index (χ3n) is 2.51. The molecular weight excluding hydrogens is 210 g/mol. The Morgan fingerprint density at radius 2 is 2.13 bits per heavy atom. The Labute approximate surface area is 93.2 Å². The average Bonchev–Trinajstić information content (AvgIpc) is 2.63. The number of aryl methyl sites for hydroxylation is 1. The molecular formula is C12H12ClNO. The molecule has 78 valence electrons. The monoisotopic (exact) mass is 221 g/mol. The average molecular weight is 222 g/mol. The van der Waals surface area contributed by atoms with E-state index >= 15 is 0 Å². The number of aromatic amines is 1. The van der Waals surface area contributed by atoms with Gasteiger partial charge in [-0.15, -0.1) is 11.6 Å². The number of hydrogen-bond acceptors (Lipinski definition) is 1. The number of carbonyl (C=O) groups excluding carboxylic acids is 1. The molecule has 0 saturated heterocycles. The van der Waals surface area contributed by atoms with Gasteiger partial charge in [-0.25, -0.2) is 0 Å². The van der Waals surface area contributed by atoms with Crippen molar-refractivity contribution in [3.63, 3.8) is 0 Å². The van der Waals surface area contributed by atoms with Crippen LogP contribution in [-0.2, 0) is 6.42 Å². The first-order valence-corrected chi connectivity index (χ1v) is 5.51. The van der Waals surface area contributed by atoms with Crippen LogP contribution >= 0.6 is 11.6 Å². The lowest BCUT2D eigenvalue weighted by Gasteiger charge is -1.95. The number of rotatable bonds is 4. The maximum absolute atomic E-state index is 11.0. The lowest BCUT2D eigenvalue weighted by Crippen LogP contribution is -1.91. The maximum atomic E-state index is 11.0. The van der Waals surface area contributed by atoms with Crippen molar-refractivity contribution in [3.8, 4) is 0 Å². The molecule has 0 aliphatic rings. The molecule has 0 radical (unpaired) electrons. The van der Waals surface area contributed by atoms with Crippen molar-refractivity contribution in [1.82, 2.24) is 4.98 Å². The number of fused-ring (bicyclic) bond motifs is 1. The summed E-state index contributed by atoms with van der Waals surface area (Å²) in [5.41, 5.74) is 2.78. The standard InChI is InChI=1S/C12H12ClNO/c13-7-3-6-12-10(8-15)9-4-1-2-5-11(9)14-12/h1-2,4-5,8,14H,3,6-7H2. The number of para-hydroxylation sites is 1. The van der Waals surface area contributed by atoms with Gasteiger partial charge in [0.15, 0.2) is 6.29 Å². The van der Waals surface area contributed by atoms with E-state index in [1.54, 1.807) is 0 Å². The molecule has 0 atom stereocenters. The van der Waals surface area contributed by atoms with Crippen LogP contribution in [0.15, 0.2) is 24.3 Å². The molecule has 0 unspecified atom stereocenters. The second-order valence-electron chi connectivity index (χ2n) is 3.47. The maximum Gasteiger partial charge on any atom is 0.152 e. The van der Waals surface area contributed by atoms with Crippen LogP contribution in [0.3, 0.4) is 0 Å². The third-order valence-corrected chi connectivity index (χ3v) is 2.77. The number of nitrogens with one attached hydrogen (secondary N) is 1. The summed E-state index contributed by atoms with van der Waals surface area (Å²) in [7, 11) is 0. The van der Waals surface area contributed by atoms with Crippen LogP contribution < -0.4 is 0 Å². The van der Waals surface area contributed by atoms with Gasteiger partial charge < -0.3 is 4.98 Å². The van der Waals surface area contributed by atoms with Crippen molar-refractivity contribution in [2.24, 2.45) is 0 Å². The summed E-state index contributed by atoms with van der Waals surface area (Å²) in [4.78, 5) is 14.3. The van der Waals surface area contributed by atoms with Gasteiger partial charge in [-0.2, -0.15) is 0 Å². The summed E-state index contributed by atoms with van der Waals surface area (Å²) in [6, 6.07) is 7.83. The zero-order chi connectivity index (χ0) is 10.7. The minimum Gasteiger partial charge on any atom is -0.358 e. The first kappa shape index (κ1) is 10.2. The Morgan fingerprint density at radius 3 is 2.87 bits per heavy atom. The second-order valence-corrected chi connectivity index (χ2v) is 3.85. The van der Waals surface area contributed by atoms with Crippen molar-refractivity contribution in [3.05, 3.63) is 35.5 Å². The molecule has 1 N–H and O–H groups in total. The summed E-state index contributed by atoms with van der Waals surface area (Å²) < 4.78 is 0. The predicted octanol–water partition coefficient (Wildman–Crippen LogP) is 3.15. The largest absolute Gasteiger partial charge is 0.358 e. The minimum absolute atomic E-state index is 0.619. The van der Waals surface area contributed by atoms with Crippen LogP contribution in [0.2, 0.25) is 0 Å². The molecule has 1 heterocycles. The Kier molecular flexibility index (Phi) is 3.07. The van der Waals surface area contributed by atoms with E-state index in [0.717, 1.165) is 41.3 Å². The molecule has 2 nitrogen and oxygen atoms in total. The van der Waals surface area contributed by atoms with E-state index in [-0.39, 0.29) is 0 Å². The highest BCUT2D eigenvalue weighted by atomic mass is 35.5. The zero-order valence-corrected chi connectivity index (χ0v) is 9.05. The van der Waals surface area contributed by atoms with E-state index in [9.17, 15) is 4.79 Å². The fraction of sp³-hybridized carbons (Fsp3) is 0.250. The molecule has 0 spiro atoms. The van der Waals surface area contributed by atoms with Gasteiger partial charge in [0.1, 0.15) is 0 Å². The Morgan fingerprint density at radius 1 is 1.33 bits per heavy atom. The molecule has 0 fully saturated rings. The molecule has 0 aliphatic carbocycles. The normalized spacial score (nSPS) is 10.7. The number of hydrogen-bond donors (Lipinski definition) is 1. The third kappa shape index (κ3) is 1.90. The van der Waals surface area contributed by atoms with Gasteiger partial charge >= 0.3 is 0 Å². The predicted molar refractivity (Wildman–Crippen MR) is 62.7 cm³/mol. The number of H-pyrrole nitrogens is 1. The SMILES string of the molecule is O=Cc1c(CCCCl)[nH]c2ccccc12. The Balaban J connectivity index is 2.49. The van der Waals surface area contributed by atoms with Gasteiger partial charge in [0.25, 0.3) is 0 Å². The van der Waals surface area contributed by atoms with Gasteiger partial charge in [-0.1, -0.05) is 18.2 Å². The van der Waals surface area contributed by atoms with Crippen molar-refractivity contribution < 1.29 is 4.79 Å². The van der Waals surface area contributed by atoms with Gasteiger partial charge in [-0.3, -0.25) is 4.79 Å². The van der Waals surface area contributed by atoms with E-state index in [1.807, 2.05) is 24.3 Å². The molecule has 1 aromatic carbocycles. The fourth-order valence-electron chi connectivity index (χ4n) is 1.79. The second kappa shape index (κ2) is 4.49. The molecule has 3 heteroatoms. The van der Waals surface area contributed by atoms with E-state index < -0.39 is 0 Å². The van der Waals surface area contributed by atoms with Gasteiger partial charge in [0, 0.05) is 28.0 Å². The summed E-state index contributed by atoms with van der Waals surface area (Å²) in [5, 5.41) is 0.997. The number of benzene rings is 1. The quantitative estimate of drug-likeness (QED) is 0.625. The molecule has 0 aliphatic heterocycles. The molecule has 0 bridgehead atoms. The summed E-state index contributed by atoms with van der Waals surface area (Å²) in [6.07, 6.45) is 2.63. The van der Waals surface area contributed by atoms with E-state index in [0.29, 0.717) is 5.88 Å². The van der Waals surface area contributed by atoms with E-state index in [1.165, 1.54) is 0 Å². The fourth-order valence-corrected chi connectivity index (χ4v) is 1.93. The number of aldehydes is 1. The molecule has 0 saturated carbocycles. The molecule has 1 aromatic heterocycles. The molecule has 2 aromatic rings. The lowest BCUT2D eigenvalue weighted by molar-refractivity contribution is 0.112. The smallest absolute Gasteiger partial charge is 0.152 e. The van der Waals surface area contributed by atoms with Crippen LogP contribution in [0, 0.1) is 0 Å². The Bertz CT molecular complexity index is 475. The molecule has 2 rings (SSSR count). The highest BCUT2D eigenvalue weighted by Crippen LogP contribution is 2.21. The van der Waals surface area contributed by atoms with Crippen LogP contribution in [0.25, 0.3) is 10.9 Å². The van der Waals surface area contributed by atoms with Crippen molar-refractivity contribution in [2.45, 2.75) is 12.8 Å². The van der Waals surface area contributed by atoms with Crippen LogP contribution in [-0.4, -0.2) is 17.2 Å². The molecule has 0 amide bonds. The van der Waals surface area contributed by atoms with E-state index in [2.05, 4.69) is 4.98 Å². The summed E-state index contributed by atoms with van der Waals surface area (Å²) in [6.45, 7) is 0. The highest BCUT2D eigenvalue weighted by molar-refractivity contribution is 6.17. The summed E-state index contributed by atoms with van der Waals surface area (Å²) >= 11 is 5.64. The van der Waals surface area contributed by atoms with Crippen molar-refractivity contribution in [1.29, 1.82) is 0 Å². The van der Waals surface area contributed by atoms with Gasteiger partial charge in [-0.05, 0) is 18.9 Å². The van der Waals surface area contributed by atoms with Crippen LogP contribution in [0.1, 0.15) is 22.5 Å². The van der Waals surface area contributed by atoms with Crippen molar-refractivity contribution >= 4 is 28.8 Å². The molecule has 15 heavy (non-hydrogen) atoms. The Hall–Kier alpha value is -1.28. The minimum atomic E-state index is 0.619. The number of aromatic nitrogens is 1. The van der Waals surface area contributed by atoms with Gasteiger partial charge in [0.2, 0.25) is 0 Å². The van der Waals surface area contributed by atoms with Crippen molar-refractivity contribution in [2.75, 3.05) is 5.88 Å².